The quantitative estimate of drug-likeness (QED) is 0.0538. The highest BCUT2D eigenvalue weighted by Crippen LogP contribution is 2.15. The second-order valence-electron chi connectivity index (χ2n) is 13.8. The molecule has 0 aliphatic heterocycles. The highest BCUT2D eigenvalue weighted by atomic mass is 14.0. The molecule has 0 unspecified atom stereocenters. The lowest BCUT2D eigenvalue weighted by atomic mass is 10.0. The van der Waals surface area contributed by atoms with Crippen molar-refractivity contribution < 1.29 is 0 Å². The van der Waals surface area contributed by atoms with Gasteiger partial charge in [-0.25, -0.2) is 0 Å². The Labute approximate surface area is 271 Å². The molecule has 0 saturated carbocycles. The summed E-state index contributed by atoms with van der Waals surface area (Å²) >= 11 is 0. The molecular weight excluding hydrogens is 504 g/mol. The normalized spacial score (nSPS) is 10.6. The minimum absolute atomic E-state index is 1.17. The van der Waals surface area contributed by atoms with Crippen LogP contribution in [0.25, 0.3) is 0 Å². The van der Waals surface area contributed by atoms with Crippen LogP contribution in [0.15, 0.2) is 12.2 Å². The second-order valence-corrected chi connectivity index (χ2v) is 13.8. The van der Waals surface area contributed by atoms with Gasteiger partial charge in [-0.3, -0.25) is 0 Å². The summed E-state index contributed by atoms with van der Waals surface area (Å²) in [5.41, 5.74) is 1.17. The van der Waals surface area contributed by atoms with Crippen LogP contribution < -0.4 is 0 Å². The van der Waals surface area contributed by atoms with E-state index in [4.69, 9.17) is 0 Å². The zero-order chi connectivity index (χ0) is 31.6. The molecule has 256 valence electrons. The van der Waals surface area contributed by atoms with Crippen molar-refractivity contribution in [2.24, 2.45) is 0 Å². The number of rotatable bonds is 32. The van der Waals surface area contributed by atoms with E-state index >= 15 is 0 Å². The predicted octanol–water partition coefficient (Wildman–Crippen LogP) is 16.9. The number of allylic oxidation sites excluding steroid dienone is 1. The van der Waals surface area contributed by atoms with Gasteiger partial charge in [-0.05, 0) is 13.8 Å². The molecule has 0 fully saturated rings. The summed E-state index contributed by atoms with van der Waals surface area (Å²) in [7, 11) is 0. The molecule has 0 bridgehead atoms. The average Bonchev–Trinajstić information content (AvgIpc) is 2.97. The molecule has 0 N–H and O–H groups in total. The summed E-state index contributed by atoms with van der Waals surface area (Å²) in [6.45, 7) is 16.7. The lowest BCUT2D eigenvalue weighted by Gasteiger charge is -2.03. The van der Waals surface area contributed by atoms with E-state index in [0.717, 1.165) is 0 Å². The minimum atomic E-state index is 1.17. The van der Waals surface area contributed by atoms with Crippen molar-refractivity contribution in [3.05, 3.63) is 12.2 Å². The van der Waals surface area contributed by atoms with Crippen LogP contribution in [-0.2, 0) is 0 Å². The second kappa shape index (κ2) is 47.7. The summed E-state index contributed by atoms with van der Waals surface area (Å²) in [5, 5.41) is 0. The summed E-state index contributed by atoms with van der Waals surface area (Å²) in [6, 6.07) is 0. The Hall–Kier alpha value is -0.260. The Morgan fingerprint density at radius 1 is 0.238 bits per heavy atom. The molecule has 0 aromatic rings. The van der Waals surface area contributed by atoms with Crippen molar-refractivity contribution in [2.75, 3.05) is 0 Å². The van der Waals surface area contributed by atoms with Crippen LogP contribution in [0.2, 0.25) is 0 Å². The molecule has 0 atom stereocenters. The fourth-order valence-electron chi connectivity index (χ4n) is 5.60. The molecule has 0 heterocycles. The molecule has 0 radical (unpaired) electrons. The fourth-order valence-corrected chi connectivity index (χ4v) is 5.60. The Bertz CT molecular complexity index is 352. The predicted molar refractivity (Wildman–Crippen MR) is 200 cm³/mol. The van der Waals surface area contributed by atoms with E-state index in [9.17, 15) is 0 Å². The fraction of sp³-hybridized carbons (Fsp3) is 0.952. The third kappa shape index (κ3) is 59.2. The molecule has 0 heteroatoms. The SMILES string of the molecule is C=C(C)C.CCCCCCCCCCCCCCCCCCC.CCCCCCCCCCCCCCCCCCC. The molecular formula is C42H88. The summed E-state index contributed by atoms with van der Waals surface area (Å²) < 4.78 is 0. The standard InChI is InChI=1S/2C19H40.C4H8/c2*1-3-5-7-9-11-13-15-17-19-18-16-14-12-10-8-6-4-2;1-4(2)3/h2*3-19H2,1-2H3;1H2,2-3H3. The van der Waals surface area contributed by atoms with Crippen LogP contribution in [-0.4, -0.2) is 0 Å². The maximum Gasteiger partial charge on any atom is -0.0445 e. The molecule has 0 rings (SSSR count). The van der Waals surface area contributed by atoms with Crippen LogP contribution in [0.5, 0.6) is 0 Å². The topological polar surface area (TPSA) is 0 Å². The number of unbranched alkanes of at least 4 members (excludes halogenated alkanes) is 32. The maximum absolute atomic E-state index is 3.56. The molecule has 0 aromatic carbocycles. The van der Waals surface area contributed by atoms with Crippen molar-refractivity contribution in [2.45, 2.75) is 260 Å². The van der Waals surface area contributed by atoms with Gasteiger partial charge >= 0.3 is 0 Å². The van der Waals surface area contributed by atoms with Crippen LogP contribution >= 0.6 is 0 Å². The Balaban J connectivity index is -0.000000641. The van der Waals surface area contributed by atoms with E-state index in [1.165, 1.54) is 224 Å². The third-order valence-electron chi connectivity index (χ3n) is 8.41. The van der Waals surface area contributed by atoms with Crippen molar-refractivity contribution in [3.63, 3.8) is 0 Å². The largest absolute Gasteiger partial charge is 0.100 e. The van der Waals surface area contributed by atoms with Gasteiger partial charge in [0.15, 0.2) is 0 Å². The van der Waals surface area contributed by atoms with E-state index in [1.807, 2.05) is 13.8 Å². The first-order valence-corrected chi connectivity index (χ1v) is 20.2. The third-order valence-corrected chi connectivity index (χ3v) is 8.41. The van der Waals surface area contributed by atoms with Crippen molar-refractivity contribution in [1.82, 2.24) is 0 Å². The van der Waals surface area contributed by atoms with Crippen molar-refractivity contribution in [1.29, 1.82) is 0 Å². The number of hydrogen-bond acceptors (Lipinski definition) is 0. The zero-order valence-electron chi connectivity index (χ0n) is 31.2. The van der Waals surface area contributed by atoms with Gasteiger partial charge < -0.3 is 0 Å². The molecule has 0 aromatic heterocycles. The Morgan fingerprint density at radius 2 is 0.310 bits per heavy atom. The average molecular weight is 593 g/mol. The first-order valence-electron chi connectivity index (χ1n) is 20.2. The van der Waals surface area contributed by atoms with E-state index in [0.29, 0.717) is 0 Å². The van der Waals surface area contributed by atoms with Crippen LogP contribution in [0, 0.1) is 0 Å². The van der Waals surface area contributed by atoms with Gasteiger partial charge in [-0.15, -0.1) is 6.58 Å². The first kappa shape index (κ1) is 46.2. The molecule has 0 aliphatic carbocycles. The Kier molecular flexibility index (Phi) is 52.4. The van der Waals surface area contributed by atoms with Crippen molar-refractivity contribution in [3.8, 4) is 0 Å². The lowest BCUT2D eigenvalue weighted by Crippen LogP contribution is -1.83. The van der Waals surface area contributed by atoms with E-state index in [1.54, 1.807) is 0 Å². The maximum atomic E-state index is 3.56. The van der Waals surface area contributed by atoms with E-state index in [-0.39, 0.29) is 0 Å². The van der Waals surface area contributed by atoms with Gasteiger partial charge in [0.1, 0.15) is 0 Å². The smallest absolute Gasteiger partial charge is 0.0445 e. The minimum Gasteiger partial charge on any atom is -0.100 e. The van der Waals surface area contributed by atoms with Gasteiger partial charge in [0.05, 0.1) is 0 Å². The van der Waals surface area contributed by atoms with E-state index < -0.39 is 0 Å². The van der Waals surface area contributed by atoms with Gasteiger partial charge in [-0.1, -0.05) is 252 Å². The zero-order valence-corrected chi connectivity index (χ0v) is 31.2. The van der Waals surface area contributed by atoms with E-state index in [2.05, 4.69) is 34.3 Å². The Morgan fingerprint density at radius 3 is 0.381 bits per heavy atom. The molecule has 0 nitrogen and oxygen atoms in total. The first-order chi connectivity index (χ1) is 20.6. The molecule has 0 saturated heterocycles. The monoisotopic (exact) mass is 593 g/mol. The van der Waals surface area contributed by atoms with Crippen LogP contribution in [0.3, 0.4) is 0 Å². The molecule has 0 spiro atoms. The van der Waals surface area contributed by atoms with Crippen LogP contribution in [0.4, 0.5) is 0 Å². The molecule has 0 aliphatic rings. The van der Waals surface area contributed by atoms with Crippen LogP contribution in [0.1, 0.15) is 260 Å². The van der Waals surface area contributed by atoms with Gasteiger partial charge in [0.25, 0.3) is 0 Å². The highest BCUT2D eigenvalue weighted by Gasteiger charge is 1.95. The number of hydrogen-bond donors (Lipinski definition) is 0. The molecule has 42 heavy (non-hydrogen) atoms. The van der Waals surface area contributed by atoms with Gasteiger partial charge in [0, 0.05) is 0 Å². The lowest BCUT2D eigenvalue weighted by molar-refractivity contribution is 0.529. The van der Waals surface area contributed by atoms with Crippen molar-refractivity contribution >= 4 is 0 Å². The summed E-state index contributed by atoms with van der Waals surface area (Å²) in [6.07, 6.45) is 49.8. The van der Waals surface area contributed by atoms with Gasteiger partial charge in [-0.2, -0.15) is 0 Å². The highest BCUT2D eigenvalue weighted by molar-refractivity contribution is 4.78. The summed E-state index contributed by atoms with van der Waals surface area (Å²) in [4.78, 5) is 0. The summed E-state index contributed by atoms with van der Waals surface area (Å²) in [5.74, 6) is 0. The molecule has 0 amide bonds. The van der Waals surface area contributed by atoms with Gasteiger partial charge in [0.2, 0.25) is 0 Å².